The molecule has 0 aliphatic carbocycles. The summed E-state index contributed by atoms with van der Waals surface area (Å²) in [5.74, 6) is 0. The summed E-state index contributed by atoms with van der Waals surface area (Å²) in [6, 6.07) is 8.31. The highest BCUT2D eigenvalue weighted by molar-refractivity contribution is 5.89. The lowest BCUT2D eigenvalue weighted by Crippen LogP contribution is -1.71. The zero-order chi connectivity index (χ0) is 9.97. The summed E-state index contributed by atoms with van der Waals surface area (Å²) < 4.78 is 0. The van der Waals surface area contributed by atoms with Gasteiger partial charge in [0.15, 0.2) is 0 Å². The molecule has 14 heavy (non-hydrogen) atoms. The number of fused-ring (bicyclic) bond motifs is 1. The van der Waals surface area contributed by atoms with Crippen LogP contribution in [0.25, 0.3) is 16.8 Å². The van der Waals surface area contributed by atoms with Gasteiger partial charge in [-0.25, -0.2) is 0 Å². The number of hydrogen-bond acceptors (Lipinski definition) is 0. The molecule has 0 spiro atoms. The van der Waals surface area contributed by atoms with E-state index < -0.39 is 0 Å². The number of H-pyrrole nitrogens is 1. The predicted octanol–water partition coefficient (Wildman–Crippen LogP) is 3.76. The Hall–Kier alpha value is -1.76. The van der Waals surface area contributed by atoms with Gasteiger partial charge in [0.05, 0.1) is 0 Å². The van der Waals surface area contributed by atoms with Gasteiger partial charge in [0.2, 0.25) is 0 Å². The first-order valence-corrected chi connectivity index (χ1v) is 4.67. The average Bonchev–Trinajstić information content (AvgIpc) is 2.58. The highest BCUT2D eigenvalue weighted by Gasteiger charge is 1.97. The van der Waals surface area contributed by atoms with Crippen LogP contribution in [0.15, 0.2) is 48.7 Å². The van der Waals surface area contributed by atoms with E-state index in [1.165, 1.54) is 10.8 Å². The van der Waals surface area contributed by atoms with Crippen LogP contribution in [0, 0.1) is 0 Å². The molecule has 1 aromatic heterocycles. The van der Waals surface area contributed by atoms with Crippen molar-refractivity contribution in [2.45, 2.75) is 6.92 Å². The minimum atomic E-state index is 1.06. The molecule has 0 aliphatic heterocycles. The SMILES string of the molecule is C=C(C)C=Cc1[nH]cc2ccccc12. The van der Waals surface area contributed by atoms with Crippen molar-refractivity contribution in [3.63, 3.8) is 0 Å². The molecule has 0 saturated carbocycles. The fraction of sp³-hybridized carbons (Fsp3) is 0.0769. The molecule has 0 atom stereocenters. The lowest BCUT2D eigenvalue weighted by atomic mass is 10.1. The molecule has 1 aromatic carbocycles. The molecule has 0 aliphatic rings. The van der Waals surface area contributed by atoms with Crippen LogP contribution in [0.1, 0.15) is 12.6 Å². The van der Waals surface area contributed by atoms with Crippen LogP contribution in [0.2, 0.25) is 0 Å². The maximum absolute atomic E-state index is 3.83. The molecule has 2 aromatic rings. The number of aromatic nitrogens is 1. The first-order valence-electron chi connectivity index (χ1n) is 4.67. The fourth-order valence-corrected chi connectivity index (χ4v) is 1.46. The van der Waals surface area contributed by atoms with Gasteiger partial charge in [-0.1, -0.05) is 42.5 Å². The molecule has 0 saturated heterocycles. The van der Waals surface area contributed by atoms with Crippen LogP contribution >= 0.6 is 0 Å². The van der Waals surface area contributed by atoms with E-state index >= 15 is 0 Å². The van der Waals surface area contributed by atoms with Gasteiger partial charge in [0.1, 0.15) is 0 Å². The van der Waals surface area contributed by atoms with E-state index in [0.29, 0.717) is 0 Å². The molecule has 70 valence electrons. The number of benzene rings is 1. The largest absolute Gasteiger partial charge is 0.361 e. The van der Waals surface area contributed by atoms with Crippen molar-refractivity contribution in [1.29, 1.82) is 0 Å². The zero-order valence-electron chi connectivity index (χ0n) is 8.25. The predicted molar refractivity (Wildman–Crippen MR) is 62.1 cm³/mol. The first-order chi connectivity index (χ1) is 6.77. The third-order valence-electron chi connectivity index (χ3n) is 2.17. The van der Waals surface area contributed by atoms with Crippen LogP contribution in [-0.2, 0) is 0 Å². The standard InChI is InChI=1S/C13H13N/c1-10(2)7-8-13-12-6-4-3-5-11(12)9-14-13/h3-9,14H,1H2,2H3. The summed E-state index contributed by atoms with van der Waals surface area (Å²) in [6.07, 6.45) is 6.09. The Morgan fingerprint density at radius 3 is 2.93 bits per heavy atom. The molecular weight excluding hydrogens is 170 g/mol. The number of nitrogens with one attached hydrogen (secondary N) is 1. The van der Waals surface area contributed by atoms with Gasteiger partial charge in [0.25, 0.3) is 0 Å². The maximum Gasteiger partial charge on any atom is 0.0460 e. The maximum atomic E-state index is 3.83. The van der Waals surface area contributed by atoms with Crippen molar-refractivity contribution in [2.75, 3.05) is 0 Å². The molecule has 1 nitrogen and oxygen atoms in total. The topological polar surface area (TPSA) is 15.8 Å². The van der Waals surface area contributed by atoms with E-state index in [9.17, 15) is 0 Å². The quantitative estimate of drug-likeness (QED) is 0.682. The molecular formula is C13H13N. The molecule has 0 radical (unpaired) electrons. The third kappa shape index (κ3) is 1.62. The van der Waals surface area contributed by atoms with E-state index in [1.807, 2.05) is 31.3 Å². The van der Waals surface area contributed by atoms with Gasteiger partial charge < -0.3 is 4.98 Å². The summed E-state index contributed by atoms with van der Waals surface area (Å²) in [5, 5.41) is 2.50. The minimum Gasteiger partial charge on any atom is -0.361 e. The summed E-state index contributed by atoms with van der Waals surface area (Å²) >= 11 is 0. The van der Waals surface area contributed by atoms with E-state index in [1.54, 1.807) is 0 Å². The van der Waals surface area contributed by atoms with Crippen molar-refractivity contribution in [1.82, 2.24) is 4.98 Å². The van der Waals surface area contributed by atoms with Crippen molar-refractivity contribution in [3.05, 3.63) is 54.4 Å². The fourth-order valence-electron chi connectivity index (χ4n) is 1.46. The van der Waals surface area contributed by atoms with Crippen LogP contribution in [0.4, 0.5) is 0 Å². The smallest absolute Gasteiger partial charge is 0.0460 e. The molecule has 1 N–H and O–H groups in total. The molecule has 0 fully saturated rings. The normalized spacial score (nSPS) is 11.2. The van der Waals surface area contributed by atoms with E-state index in [0.717, 1.165) is 11.3 Å². The van der Waals surface area contributed by atoms with Crippen molar-refractivity contribution in [2.24, 2.45) is 0 Å². The van der Waals surface area contributed by atoms with Crippen LogP contribution < -0.4 is 0 Å². The van der Waals surface area contributed by atoms with Gasteiger partial charge in [-0.3, -0.25) is 0 Å². The second-order valence-electron chi connectivity index (χ2n) is 3.47. The summed E-state index contributed by atoms with van der Waals surface area (Å²) in [6.45, 7) is 5.82. The summed E-state index contributed by atoms with van der Waals surface area (Å²) in [4.78, 5) is 3.24. The molecule has 0 bridgehead atoms. The van der Waals surface area contributed by atoms with Gasteiger partial charge in [-0.2, -0.15) is 0 Å². The van der Waals surface area contributed by atoms with Gasteiger partial charge in [-0.15, -0.1) is 0 Å². The Labute approximate surface area is 83.8 Å². The molecule has 0 unspecified atom stereocenters. The van der Waals surface area contributed by atoms with Crippen LogP contribution in [0.5, 0.6) is 0 Å². The lowest BCUT2D eigenvalue weighted by molar-refractivity contribution is 1.39. The van der Waals surface area contributed by atoms with E-state index in [4.69, 9.17) is 0 Å². The molecule has 1 heterocycles. The van der Waals surface area contributed by atoms with E-state index in [-0.39, 0.29) is 0 Å². The van der Waals surface area contributed by atoms with Crippen LogP contribution in [0.3, 0.4) is 0 Å². The zero-order valence-corrected chi connectivity index (χ0v) is 8.25. The van der Waals surface area contributed by atoms with E-state index in [2.05, 4.69) is 29.8 Å². The number of aromatic amines is 1. The molecule has 2 rings (SSSR count). The monoisotopic (exact) mass is 183 g/mol. The minimum absolute atomic E-state index is 1.06. The average molecular weight is 183 g/mol. The Morgan fingerprint density at radius 1 is 1.36 bits per heavy atom. The number of hydrogen-bond donors (Lipinski definition) is 1. The highest BCUT2D eigenvalue weighted by atomic mass is 14.7. The van der Waals surface area contributed by atoms with Crippen molar-refractivity contribution < 1.29 is 0 Å². The van der Waals surface area contributed by atoms with Gasteiger partial charge >= 0.3 is 0 Å². The number of rotatable bonds is 2. The van der Waals surface area contributed by atoms with Gasteiger partial charge in [0, 0.05) is 17.3 Å². The number of allylic oxidation sites excluding steroid dienone is 2. The second-order valence-corrected chi connectivity index (χ2v) is 3.47. The first kappa shape index (κ1) is 8.82. The highest BCUT2D eigenvalue weighted by Crippen LogP contribution is 2.18. The summed E-state index contributed by atoms with van der Waals surface area (Å²) in [7, 11) is 0. The van der Waals surface area contributed by atoms with Crippen LogP contribution in [-0.4, -0.2) is 4.98 Å². The second kappa shape index (κ2) is 3.54. The van der Waals surface area contributed by atoms with Gasteiger partial charge in [-0.05, 0) is 18.4 Å². The van der Waals surface area contributed by atoms with Crippen molar-refractivity contribution in [3.8, 4) is 0 Å². The molecule has 1 heteroatoms. The summed E-state index contributed by atoms with van der Waals surface area (Å²) in [5.41, 5.74) is 2.20. The molecule has 0 amide bonds. The Morgan fingerprint density at radius 2 is 2.14 bits per heavy atom. The Kier molecular flexibility index (Phi) is 2.23. The third-order valence-corrected chi connectivity index (χ3v) is 2.17. The lowest BCUT2D eigenvalue weighted by Gasteiger charge is -1.91. The Balaban J connectivity index is 2.48. The Bertz CT molecular complexity index is 489. The van der Waals surface area contributed by atoms with Crippen molar-refractivity contribution >= 4 is 16.8 Å².